The van der Waals surface area contributed by atoms with Gasteiger partial charge >= 0.3 is 0 Å². The van der Waals surface area contributed by atoms with E-state index in [-0.39, 0.29) is 0 Å². The second-order valence-corrected chi connectivity index (χ2v) is 3.40. The first-order valence-corrected chi connectivity index (χ1v) is 4.71. The van der Waals surface area contributed by atoms with Crippen LogP contribution in [0.4, 0.5) is 0 Å². The number of rotatable bonds is 4. The molecule has 0 amide bonds. The molecular formula is C11H18O. The lowest BCUT2D eigenvalue weighted by molar-refractivity contribution is 0.0813. The highest BCUT2D eigenvalue weighted by Crippen LogP contribution is 2.23. The second-order valence-electron chi connectivity index (χ2n) is 3.40. The first-order valence-electron chi connectivity index (χ1n) is 4.71. The van der Waals surface area contributed by atoms with Crippen molar-refractivity contribution in [3.63, 3.8) is 0 Å². The molecule has 0 spiro atoms. The summed E-state index contributed by atoms with van der Waals surface area (Å²) in [5.41, 5.74) is 1.38. The maximum Gasteiger partial charge on any atom is 0.0531 e. The van der Waals surface area contributed by atoms with Crippen molar-refractivity contribution in [3.8, 4) is 0 Å². The highest BCUT2D eigenvalue weighted by molar-refractivity contribution is 5.02. The molecule has 12 heavy (non-hydrogen) atoms. The Kier molecular flexibility index (Phi) is 4.09. The normalized spacial score (nSPS) is 24.0. The van der Waals surface area contributed by atoms with E-state index in [1.807, 2.05) is 6.08 Å². The van der Waals surface area contributed by atoms with Gasteiger partial charge in [0.1, 0.15) is 0 Å². The predicted molar refractivity (Wildman–Crippen MR) is 52.1 cm³/mol. The molecule has 1 nitrogen and oxygen atoms in total. The van der Waals surface area contributed by atoms with Crippen molar-refractivity contribution in [2.24, 2.45) is 5.92 Å². The summed E-state index contributed by atoms with van der Waals surface area (Å²) in [5, 5.41) is 0. The van der Waals surface area contributed by atoms with Crippen LogP contribution in [0.25, 0.3) is 0 Å². The molecule has 0 unspecified atom stereocenters. The Balaban J connectivity index is 2.20. The summed E-state index contributed by atoms with van der Waals surface area (Å²) in [7, 11) is 0. The van der Waals surface area contributed by atoms with Crippen molar-refractivity contribution in [2.75, 3.05) is 13.2 Å². The molecule has 1 fully saturated rings. The van der Waals surface area contributed by atoms with Crippen molar-refractivity contribution in [3.05, 3.63) is 24.8 Å². The van der Waals surface area contributed by atoms with Gasteiger partial charge in [-0.1, -0.05) is 18.2 Å². The zero-order valence-corrected chi connectivity index (χ0v) is 7.72. The van der Waals surface area contributed by atoms with E-state index in [0.29, 0.717) is 5.92 Å². The SMILES string of the molecule is C=CCCC[C@@H]1COCCC1=C. The largest absolute Gasteiger partial charge is 0.380 e. The van der Waals surface area contributed by atoms with Gasteiger partial charge in [-0.05, 0) is 25.7 Å². The van der Waals surface area contributed by atoms with E-state index >= 15 is 0 Å². The molecule has 0 radical (unpaired) electrons. The molecule has 0 aliphatic carbocycles. The first kappa shape index (κ1) is 9.53. The molecule has 0 aromatic rings. The minimum absolute atomic E-state index is 0.610. The summed E-state index contributed by atoms with van der Waals surface area (Å²) in [5.74, 6) is 0.610. The van der Waals surface area contributed by atoms with Crippen LogP contribution < -0.4 is 0 Å². The molecule has 1 heterocycles. The number of ether oxygens (including phenoxy) is 1. The van der Waals surface area contributed by atoms with Gasteiger partial charge in [-0.3, -0.25) is 0 Å². The number of hydrogen-bond donors (Lipinski definition) is 0. The van der Waals surface area contributed by atoms with Crippen molar-refractivity contribution in [2.45, 2.75) is 25.7 Å². The lowest BCUT2D eigenvalue weighted by atomic mass is 9.92. The standard InChI is InChI=1S/C11H18O/c1-3-4-5-6-11-9-12-8-7-10(11)2/h3,11H,1-2,4-9H2/t11-/m1/s1. The van der Waals surface area contributed by atoms with Gasteiger partial charge in [-0.2, -0.15) is 0 Å². The second kappa shape index (κ2) is 5.15. The molecule has 1 saturated heterocycles. The predicted octanol–water partition coefficient (Wildman–Crippen LogP) is 2.94. The molecule has 0 saturated carbocycles. The van der Waals surface area contributed by atoms with Crippen LogP contribution in [0.1, 0.15) is 25.7 Å². The van der Waals surface area contributed by atoms with Crippen LogP contribution >= 0.6 is 0 Å². The van der Waals surface area contributed by atoms with Gasteiger partial charge < -0.3 is 4.74 Å². The zero-order valence-electron chi connectivity index (χ0n) is 7.72. The van der Waals surface area contributed by atoms with Crippen LogP contribution in [0, 0.1) is 5.92 Å². The monoisotopic (exact) mass is 166 g/mol. The number of hydrogen-bond acceptors (Lipinski definition) is 1. The van der Waals surface area contributed by atoms with Crippen molar-refractivity contribution < 1.29 is 4.74 Å². The Bertz CT molecular complexity index is 160. The van der Waals surface area contributed by atoms with Gasteiger partial charge in [-0.15, -0.1) is 6.58 Å². The van der Waals surface area contributed by atoms with Crippen LogP contribution in [0.2, 0.25) is 0 Å². The summed E-state index contributed by atoms with van der Waals surface area (Å²) in [6, 6.07) is 0. The quantitative estimate of drug-likeness (QED) is 0.461. The van der Waals surface area contributed by atoms with E-state index in [1.165, 1.54) is 18.4 Å². The molecule has 1 aliphatic heterocycles. The van der Waals surface area contributed by atoms with Crippen LogP contribution in [-0.2, 0) is 4.74 Å². The van der Waals surface area contributed by atoms with Crippen LogP contribution in [-0.4, -0.2) is 13.2 Å². The molecule has 1 heteroatoms. The van der Waals surface area contributed by atoms with E-state index in [9.17, 15) is 0 Å². The fourth-order valence-corrected chi connectivity index (χ4v) is 1.55. The van der Waals surface area contributed by atoms with E-state index in [2.05, 4.69) is 13.2 Å². The van der Waals surface area contributed by atoms with Crippen molar-refractivity contribution >= 4 is 0 Å². The average molecular weight is 166 g/mol. The van der Waals surface area contributed by atoms with Crippen LogP contribution in [0.15, 0.2) is 24.8 Å². The van der Waals surface area contributed by atoms with Gasteiger partial charge in [-0.25, -0.2) is 0 Å². The summed E-state index contributed by atoms with van der Waals surface area (Å²) in [4.78, 5) is 0. The van der Waals surface area contributed by atoms with Crippen molar-refractivity contribution in [1.29, 1.82) is 0 Å². The van der Waals surface area contributed by atoms with Gasteiger partial charge in [0.2, 0.25) is 0 Å². The molecule has 0 aromatic heterocycles. The van der Waals surface area contributed by atoms with Crippen LogP contribution in [0.3, 0.4) is 0 Å². The third-order valence-electron chi connectivity index (χ3n) is 2.42. The minimum Gasteiger partial charge on any atom is -0.380 e. The molecule has 0 bridgehead atoms. The Hall–Kier alpha value is -0.560. The Morgan fingerprint density at radius 3 is 3.08 bits per heavy atom. The Labute approximate surface area is 75.1 Å². The van der Waals surface area contributed by atoms with Gasteiger partial charge in [0.05, 0.1) is 13.2 Å². The molecule has 0 N–H and O–H groups in total. The maximum atomic E-state index is 5.40. The Morgan fingerprint density at radius 1 is 1.58 bits per heavy atom. The summed E-state index contributed by atoms with van der Waals surface area (Å²) in [6.07, 6.45) is 6.58. The fourth-order valence-electron chi connectivity index (χ4n) is 1.55. The molecular weight excluding hydrogens is 148 g/mol. The summed E-state index contributed by atoms with van der Waals surface area (Å²) >= 11 is 0. The van der Waals surface area contributed by atoms with Crippen molar-refractivity contribution in [1.82, 2.24) is 0 Å². The third-order valence-corrected chi connectivity index (χ3v) is 2.42. The maximum absolute atomic E-state index is 5.40. The van der Waals surface area contributed by atoms with Gasteiger partial charge in [0, 0.05) is 5.92 Å². The topological polar surface area (TPSA) is 9.23 Å². The van der Waals surface area contributed by atoms with Gasteiger partial charge in [0.15, 0.2) is 0 Å². The summed E-state index contributed by atoms with van der Waals surface area (Å²) in [6.45, 7) is 9.53. The van der Waals surface area contributed by atoms with Gasteiger partial charge in [0.25, 0.3) is 0 Å². The third kappa shape index (κ3) is 2.82. The first-order chi connectivity index (χ1) is 5.84. The number of allylic oxidation sites excluding steroid dienone is 1. The van der Waals surface area contributed by atoms with E-state index in [4.69, 9.17) is 4.74 Å². The Morgan fingerprint density at radius 2 is 2.42 bits per heavy atom. The lowest BCUT2D eigenvalue weighted by Gasteiger charge is -2.24. The molecule has 0 aromatic carbocycles. The van der Waals surface area contributed by atoms with Crippen LogP contribution in [0.5, 0.6) is 0 Å². The fraction of sp³-hybridized carbons (Fsp3) is 0.636. The average Bonchev–Trinajstić information content (AvgIpc) is 2.09. The molecule has 1 aliphatic rings. The van der Waals surface area contributed by atoms with E-state index in [1.54, 1.807) is 0 Å². The summed E-state index contributed by atoms with van der Waals surface area (Å²) < 4.78 is 5.40. The lowest BCUT2D eigenvalue weighted by Crippen LogP contribution is -2.19. The van der Waals surface area contributed by atoms with E-state index in [0.717, 1.165) is 26.1 Å². The van der Waals surface area contributed by atoms with E-state index < -0.39 is 0 Å². The number of unbranched alkanes of at least 4 members (excludes halogenated alkanes) is 1. The highest BCUT2D eigenvalue weighted by atomic mass is 16.5. The molecule has 68 valence electrons. The molecule has 1 rings (SSSR count). The smallest absolute Gasteiger partial charge is 0.0531 e. The minimum atomic E-state index is 0.610. The highest BCUT2D eigenvalue weighted by Gasteiger charge is 2.16. The molecule has 1 atom stereocenters. The zero-order chi connectivity index (χ0) is 8.81.